The van der Waals surface area contributed by atoms with Crippen LogP contribution in [0, 0.1) is 0 Å². The van der Waals surface area contributed by atoms with E-state index in [0.29, 0.717) is 6.42 Å². The minimum absolute atomic E-state index is 0.149. The highest BCUT2D eigenvalue weighted by Gasteiger charge is 2.27. The number of amides is 1. The van der Waals surface area contributed by atoms with Gasteiger partial charge >= 0.3 is 0 Å². The first kappa shape index (κ1) is 16.3. The molecule has 120 valence electrons. The number of pyridine rings is 1. The van der Waals surface area contributed by atoms with Crippen molar-refractivity contribution in [2.45, 2.75) is 18.9 Å². The van der Waals surface area contributed by atoms with Crippen LogP contribution in [0.3, 0.4) is 0 Å². The molecule has 1 aliphatic heterocycles. The van der Waals surface area contributed by atoms with Crippen molar-refractivity contribution in [3.63, 3.8) is 0 Å². The number of carbonyl (C=O) groups is 1. The van der Waals surface area contributed by atoms with Crippen LogP contribution in [0.5, 0.6) is 0 Å². The van der Waals surface area contributed by atoms with Crippen LogP contribution in [0.1, 0.15) is 23.6 Å². The van der Waals surface area contributed by atoms with E-state index < -0.39 is 0 Å². The van der Waals surface area contributed by atoms with Crippen LogP contribution in [0.15, 0.2) is 48.8 Å². The number of hydrogen-bond donors (Lipinski definition) is 0. The third-order valence-corrected chi connectivity index (χ3v) is 5.36. The van der Waals surface area contributed by atoms with E-state index in [4.69, 9.17) is 11.6 Å². The van der Waals surface area contributed by atoms with Crippen molar-refractivity contribution in [3.8, 4) is 0 Å². The lowest BCUT2D eigenvalue weighted by atomic mass is 10.0. The molecule has 0 spiro atoms. The van der Waals surface area contributed by atoms with Crippen LogP contribution in [0.25, 0.3) is 0 Å². The molecule has 1 amide bonds. The predicted molar refractivity (Wildman–Crippen MR) is 95.8 cm³/mol. The van der Waals surface area contributed by atoms with Gasteiger partial charge in [0, 0.05) is 41.9 Å². The number of halogens is 1. The summed E-state index contributed by atoms with van der Waals surface area (Å²) in [5, 5.41) is 0.729. The molecule has 2 aromatic rings. The molecule has 1 saturated heterocycles. The Morgan fingerprint density at radius 2 is 1.96 bits per heavy atom. The summed E-state index contributed by atoms with van der Waals surface area (Å²) in [6, 6.07) is 11.9. The second kappa shape index (κ2) is 7.84. The number of rotatable bonds is 4. The topological polar surface area (TPSA) is 33.2 Å². The predicted octanol–water partition coefficient (Wildman–Crippen LogP) is 3.98. The zero-order valence-corrected chi connectivity index (χ0v) is 14.4. The SMILES string of the molecule is O=C(CCc1ccncc1)N1CCSC[C@H]1c1ccc(Cl)cc1. The maximum absolute atomic E-state index is 12.7. The molecule has 3 rings (SSSR count). The molecular weight excluding hydrogens is 328 g/mol. The molecule has 23 heavy (non-hydrogen) atoms. The monoisotopic (exact) mass is 346 g/mol. The number of aryl methyl sites for hydroxylation is 1. The summed E-state index contributed by atoms with van der Waals surface area (Å²) in [7, 11) is 0. The summed E-state index contributed by atoms with van der Waals surface area (Å²) in [5.41, 5.74) is 2.32. The Balaban J connectivity index is 1.68. The Bertz CT molecular complexity index is 648. The average molecular weight is 347 g/mol. The molecule has 3 nitrogen and oxygen atoms in total. The molecule has 2 heterocycles. The zero-order valence-electron chi connectivity index (χ0n) is 12.8. The van der Waals surface area contributed by atoms with Crippen molar-refractivity contribution in [3.05, 3.63) is 64.9 Å². The molecule has 0 N–H and O–H groups in total. The highest BCUT2D eigenvalue weighted by molar-refractivity contribution is 7.99. The van der Waals surface area contributed by atoms with Crippen molar-refractivity contribution in [1.29, 1.82) is 0 Å². The second-order valence-corrected chi connectivity index (χ2v) is 7.17. The third kappa shape index (κ3) is 4.27. The molecule has 0 bridgehead atoms. The smallest absolute Gasteiger partial charge is 0.223 e. The Hall–Kier alpha value is -1.52. The molecule has 1 atom stereocenters. The van der Waals surface area contributed by atoms with Gasteiger partial charge < -0.3 is 4.90 Å². The molecule has 0 unspecified atom stereocenters. The van der Waals surface area contributed by atoms with Crippen LogP contribution in [0.4, 0.5) is 0 Å². The molecule has 1 aromatic heterocycles. The van der Waals surface area contributed by atoms with Gasteiger partial charge in [0.2, 0.25) is 5.91 Å². The fourth-order valence-electron chi connectivity index (χ4n) is 2.81. The standard InChI is InChI=1S/C18H19ClN2OS/c19-16-4-2-15(3-5-16)17-13-23-12-11-21(17)18(22)6-1-14-7-9-20-10-8-14/h2-5,7-10,17H,1,6,11-13H2/t17-/m0/s1. The maximum atomic E-state index is 12.7. The van der Waals surface area contributed by atoms with Crippen molar-refractivity contribution in [2.24, 2.45) is 0 Å². The first-order chi connectivity index (χ1) is 11.2. The van der Waals surface area contributed by atoms with Gasteiger partial charge in [-0.3, -0.25) is 9.78 Å². The lowest BCUT2D eigenvalue weighted by Gasteiger charge is -2.36. The fourth-order valence-corrected chi connectivity index (χ4v) is 4.02. The van der Waals surface area contributed by atoms with Gasteiger partial charge in [-0.25, -0.2) is 0 Å². The van der Waals surface area contributed by atoms with Crippen molar-refractivity contribution >= 4 is 29.3 Å². The van der Waals surface area contributed by atoms with Gasteiger partial charge in [0.15, 0.2) is 0 Å². The first-order valence-corrected chi connectivity index (χ1v) is 9.29. The van der Waals surface area contributed by atoms with Crippen LogP contribution in [-0.4, -0.2) is 33.8 Å². The van der Waals surface area contributed by atoms with Gasteiger partial charge in [-0.05, 0) is 41.8 Å². The van der Waals surface area contributed by atoms with Crippen molar-refractivity contribution in [2.75, 3.05) is 18.1 Å². The van der Waals surface area contributed by atoms with Gasteiger partial charge in [-0.15, -0.1) is 0 Å². The van der Waals surface area contributed by atoms with Gasteiger partial charge in [-0.1, -0.05) is 23.7 Å². The molecule has 5 heteroatoms. The van der Waals surface area contributed by atoms with Crippen LogP contribution >= 0.6 is 23.4 Å². The third-order valence-electron chi connectivity index (χ3n) is 4.08. The van der Waals surface area contributed by atoms with Crippen LogP contribution < -0.4 is 0 Å². The average Bonchev–Trinajstić information content (AvgIpc) is 2.61. The minimum Gasteiger partial charge on any atom is -0.334 e. The van der Waals surface area contributed by atoms with E-state index in [9.17, 15) is 4.79 Å². The molecule has 1 aliphatic rings. The number of hydrogen-bond acceptors (Lipinski definition) is 3. The Kier molecular flexibility index (Phi) is 5.57. The number of nitrogens with zero attached hydrogens (tertiary/aromatic N) is 2. The molecule has 0 saturated carbocycles. The van der Waals surface area contributed by atoms with Crippen LogP contribution in [-0.2, 0) is 11.2 Å². The summed E-state index contributed by atoms with van der Waals surface area (Å²) in [6.07, 6.45) is 4.85. The van der Waals surface area contributed by atoms with Crippen molar-refractivity contribution < 1.29 is 4.79 Å². The zero-order chi connectivity index (χ0) is 16.1. The largest absolute Gasteiger partial charge is 0.334 e. The van der Waals surface area contributed by atoms with Gasteiger partial charge in [-0.2, -0.15) is 11.8 Å². The molecular formula is C18H19ClN2OS. The first-order valence-electron chi connectivity index (χ1n) is 7.75. The van der Waals surface area contributed by atoms with E-state index in [-0.39, 0.29) is 11.9 Å². The number of benzene rings is 1. The summed E-state index contributed by atoms with van der Waals surface area (Å²) < 4.78 is 0. The van der Waals surface area contributed by atoms with Crippen molar-refractivity contribution in [1.82, 2.24) is 9.88 Å². The van der Waals surface area contributed by atoms with Gasteiger partial charge in [0.05, 0.1) is 6.04 Å². The van der Waals surface area contributed by atoms with E-state index in [1.54, 1.807) is 12.4 Å². The van der Waals surface area contributed by atoms with E-state index in [1.807, 2.05) is 53.1 Å². The van der Waals surface area contributed by atoms with Gasteiger partial charge in [0.25, 0.3) is 0 Å². The second-order valence-electron chi connectivity index (χ2n) is 5.58. The summed E-state index contributed by atoms with van der Waals surface area (Å²) in [6.45, 7) is 0.813. The molecule has 1 fully saturated rings. The highest BCUT2D eigenvalue weighted by atomic mass is 35.5. The number of carbonyl (C=O) groups excluding carboxylic acids is 1. The normalized spacial score (nSPS) is 18.0. The Labute approximate surface area is 146 Å². The summed E-state index contributed by atoms with van der Waals surface area (Å²) in [4.78, 5) is 18.7. The quantitative estimate of drug-likeness (QED) is 0.839. The highest BCUT2D eigenvalue weighted by Crippen LogP contribution is 2.30. The van der Waals surface area contributed by atoms with Crippen LogP contribution in [0.2, 0.25) is 5.02 Å². The Morgan fingerprint density at radius 3 is 2.70 bits per heavy atom. The van der Waals surface area contributed by atoms with Gasteiger partial charge in [0.1, 0.15) is 0 Å². The molecule has 0 aliphatic carbocycles. The molecule has 0 radical (unpaired) electrons. The fraction of sp³-hybridized carbons (Fsp3) is 0.333. The van der Waals surface area contributed by atoms with E-state index in [1.165, 1.54) is 5.56 Å². The molecule has 1 aromatic carbocycles. The number of thioether (sulfide) groups is 1. The lowest BCUT2D eigenvalue weighted by molar-refractivity contribution is -0.133. The van der Waals surface area contributed by atoms with E-state index in [2.05, 4.69) is 4.98 Å². The van der Waals surface area contributed by atoms with E-state index in [0.717, 1.165) is 35.1 Å². The number of aromatic nitrogens is 1. The van der Waals surface area contributed by atoms with E-state index >= 15 is 0 Å². The Morgan fingerprint density at radius 1 is 1.22 bits per heavy atom. The summed E-state index contributed by atoms with van der Waals surface area (Å²) in [5.74, 6) is 2.18. The maximum Gasteiger partial charge on any atom is 0.223 e. The lowest BCUT2D eigenvalue weighted by Crippen LogP contribution is -2.40. The summed E-state index contributed by atoms with van der Waals surface area (Å²) >= 11 is 7.88. The minimum atomic E-state index is 0.149.